The van der Waals surface area contributed by atoms with E-state index in [1.165, 1.54) is 36.4 Å². The van der Waals surface area contributed by atoms with E-state index in [0.717, 1.165) is 6.07 Å². The number of benzene rings is 2. The normalized spacial score (nSPS) is 10.1. The number of nitrogens with one attached hydrogen (secondary N) is 1. The molecule has 102 valence electrons. The molecule has 2 rings (SSSR count). The highest BCUT2D eigenvalue weighted by Crippen LogP contribution is 2.15. The molecule has 5 nitrogen and oxygen atoms in total. The van der Waals surface area contributed by atoms with Crippen LogP contribution in [-0.4, -0.2) is 17.0 Å². The van der Waals surface area contributed by atoms with Gasteiger partial charge in [0.15, 0.2) is 0 Å². The van der Waals surface area contributed by atoms with Crippen molar-refractivity contribution >= 4 is 23.3 Å². The van der Waals surface area contributed by atoms with Crippen molar-refractivity contribution in [2.45, 2.75) is 0 Å². The number of carbonyl (C=O) groups is 2. The van der Waals surface area contributed by atoms with Crippen molar-refractivity contribution in [1.29, 1.82) is 0 Å². The van der Waals surface area contributed by atoms with Gasteiger partial charge >= 0.3 is 5.97 Å². The minimum Gasteiger partial charge on any atom is -0.478 e. The molecule has 0 atom stereocenters. The van der Waals surface area contributed by atoms with Gasteiger partial charge in [0, 0.05) is 11.3 Å². The van der Waals surface area contributed by atoms with Gasteiger partial charge in [-0.2, -0.15) is 0 Å². The monoisotopic (exact) mass is 274 g/mol. The fraction of sp³-hybridized carbons (Fsp3) is 0. The smallest absolute Gasteiger partial charge is 0.335 e. The first-order valence-corrected chi connectivity index (χ1v) is 5.67. The van der Waals surface area contributed by atoms with Crippen LogP contribution in [0.15, 0.2) is 42.5 Å². The maximum absolute atomic E-state index is 13.2. The Morgan fingerprint density at radius 2 is 1.65 bits per heavy atom. The predicted molar refractivity (Wildman–Crippen MR) is 72.2 cm³/mol. The van der Waals surface area contributed by atoms with E-state index >= 15 is 0 Å². The second kappa shape index (κ2) is 5.40. The molecular weight excluding hydrogens is 263 g/mol. The Bertz CT molecular complexity index is 669. The summed E-state index contributed by atoms with van der Waals surface area (Å²) in [6.07, 6.45) is 0. The van der Waals surface area contributed by atoms with E-state index in [2.05, 4.69) is 5.32 Å². The number of nitrogen functional groups attached to an aromatic ring is 1. The third kappa shape index (κ3) is 2.92. The molecule has 20 heavy (non-hydrogen) atoms. The number of carbonyl (C=O) groups excluding carboxylic acids is 1. The second-order valence-electron chi connectivity index (χ2n) is 4.07. The fourth-order valence-corrected chi connectivity index (χ4v) is 1.57. The summed E-state index contributed by atoms with van der Waals surface area (Å²) in [4.78, 5) is 22.5. The molecular formula is C14H11FN2O3. The summed E-state index contributed by atoms with van der Waals surface area (Å²) >= 11 is 0. The molecule has 0 spiro atoms. The molecule has 0 saturated heterocycles. The third-order valence-corrected chi connectivity index (χ3v) is 2.65. The number of amides is 1. The van der Waals surface area contributed by atoms with Crippen molar-refractivity contribution in [2.24, 2.45) is 0 Å². The van der Waals surface area contributed by atoms with Gasteiger partial charge in [-0.25, -0.2) is 9.18 Å². The Kier molecular flexibility index (Phi) is 3.65. The lowest BCUT2D eigenvalue weighted by molar-refractivity contribution is 0.0696. The van der Waals surface area contributed by atoms with Crippen LogP contribution in [0.1, 0.15) is 20.7 Å². The highest BCUT2D eigenvalue weighted by atomic mass is 19.1. The maximum Gasteiger partial charge on any atom is 0.335 e. The van der Waals surface area contributed by atoms with E-state index in [4.69, 9.17) is 10.8 Å². The Hall–Kier alpha value is -2.89. The van der Waals surface area contributed by atoms with E-state index in [9.17, 15) is 14.0 Å². The summed E-state index contributed by atoms with van der Waals surface area (Å²) in [6, 6.07) is 9.38. The molecule has 0 bridgehead atoms. The van der Waals surface area contributed by atoms with Crippen molar-refractivity contribution in [3.8, 4) is 0 Å². The lowest BCUT2D eigenvalue weighted by atomic mass is 10.1. The molecule has 0 aliphatic heterocycles. The summed E-state index contributed by atoms with van der Waals surface area (Å²) < 4.78 is 13.2. The number of anilines is 2. The minimum atomic E-state index is -1.05. The number of carboxylic acid groups (broad SMARTS) is 1. The first kappa shape index (κ1) is 13.5. The van der Waals surface area contributed by atoms with Crippen molar-refractivity contribution in [3.05, 3.63) is 59.4 Å². The maximum atomic E-state index is 13.2. The Balaban J connectivity index is 2.14. The topological polar surface area (TPSA) is 92.4 Å². The number of aromatic carboxylic acids is 1. The number of hydrogen-bond donors (Lipinski definition) is 3. The van der Waals surface area contributed by atoms with Crippen molar-refractivity contribution in [2.75, 3.05) is 11.1 Å². The number of nitrogens with two attached hydrogens (primary N) is 1. The number of carboxylic acids is 1. The van der Waals surface area contributed by atoms with Gasteiger partial charge in [0.25, 0.3) is 5.91 Å². The zero-order chi connectivity index (χ0) is 14.7. The van der Waals surface area contributed by atoms with E-state index < -0.39 is 17.7 Å². The Labute approximate surface area is 113 Å². The van der Waals surface area contributed by atoms with Gasteiger partial charge in [-0.05, 0) is 42.5 Å². The molecule has 0 radical (unpaired) electrons. The van der Waals surface area contributed by atoms with Gasteiger partial charge in [0.1, 0.15) is 5.82 Å². The number of hydrogen-bond acceptors (Lipinski definition) is 3. The van der Waals surface area contributed by atoms with Crippen LogP contribution in [0.25, 0.3) is 0 Å². The van der Waals surface area contributed by atoms with Crippen LogP contribution in [-0.2, 0) is 0 Å². The SMILES string of the molecule is Nc1ccc(C(=O)Nc2ccc(C(=O)O)cc2)cc1F. The van der Waals surface area contributed by atoms with Crippen LogP contribution in [0.4, 0.5) is 15.8 Å². The second-order valence-corrected chi connectivity index (χ2v) is 4.07. The lowest BCUT2D eigenvalue weighted by Gasteiger charge is -2.06. The summed E-state index contributed by atoms with van der Waals surface area (Å²) in [5.74, 6) is -2.23. The molecule has 0 unspecified atom stereocenters. The van der Waals surface area contributed by atoms with Crippen molar-refractivity contribution < 1.29 is 19.1 Å². The van der Waals surface area contributed by atoms with Crippen molar-refractivity contribution in [3.63, 3.8) is 0 Å². The van der Waals surface area contributed by atoms with E-state index in [1.54, 1.807) is 0 Å². The zero-order valence-corrected chi connectivity index (χ0v) is 10.3. The molecule has 0 fully saturated rings. The van der Waals surface area contributed by atoms with Crippen molar-refractivity contribution in [1.82, 2.24) is 0 Å². The predicted octanol–water partition coefficient (Wildman–Crippen LogP) is 2.36. The Morgan fingerprint density at radius 3 is 2.20 bits per heavy atom. The standard InChI is InChI=1S/C14H11FN2O3/c15-11-7-9(3-6-12(11)16)13(18)17-10-4-1-8(2-5-10)14(19)20/h1-7H,16H2,(H,17,18)(H,19,20). The van der Waals surface area contributed by atoms with Gasteiger partial charge in [0.05, 0.1) is 11.3 Å². The quantitative estimate of drug-likeness (QED) is 0.749. The molecule has 0 aliphatic rings. The molecule has 0 aromatic heterocycles. The average molecular weight is 274 g/mol. The molecule has 0 heterocycles. The van der Waals surface area contributed by atoms with Gasteiger partial charge in [-0.15, -0.1) is 0 Å². The van der Waals surface area contributed by atoms with Crippen LogP contribution in [0, 0.1) is 5.82 Å². The minimum absolute atomic E-state index is 0.0349. The molecule has 1 amide bonds. The van der Waals surface area contributed by atoms with Gasteiger partial charge in [-0.1, -0.05) is 0 Å². The summed E-state index contributed by atoms with van der Waals surface area (Å²) in [5.41, 5.74) is 5.94. The Morgan fingerprint density at radius 1 is 1.05 bits per heavy atom. The van der Waals surface area contributed by atoms with Crippen LogP contribution in [0.3, 0.4) is 0 Å². The molecule has 0 aliphatic carbocycles. The average Bonchev–Trinajstić information content (AvgIpc) is 2.42. The van der Waals surface area contributed by atoms with Gasteiger partial charge in [-0.3, -0.25) is 4.79 Å². The first-order valence-electron chi connectivity index (χ1n) is 5.67. The van der Waals surface area contributed by atoms with E-state index in [-0.39, 0.29) is 16.8 Å². The van der Waals surface area contributed by atoms with E-state index in [0.29, 0.717) is 5.69 Å². The van der Waals surface area contributed by atoms with Gasteiger partial charge in [0.2, 0.25) is 0 Å². The highest BCUT2D eigenvalue weighted by molar-refractivity contribution is 6.04. The van der Waals surface area contributed by atoms with E-state index in [1.807, 2.05) is 0 Å². The van der Waals surface area contributed by atoms with Gasteiger partial charge < -0.3 is 16.2 Å². The number of halogens is 1. The fourth-order valence-electron chi connectivity index (χ4n) is 1.57. The highest BCUT2D eigenvalue weighted by Gasteiger charge is 2.09. The van der Waals surface area contributed by atoms with Crippen LogP contribution in [0.5, 0.6) is 0 Å². The lowest BCUT2D eigenvalue weighted by Crippen LogP contribution is -2.12. The molecule has 6 heteroatoms. The van der Waals surface area contributed by atoms with Crippen LogP contribution < -0.4 is 11.1 Å². The first-order chi connectivity index (χ1) is 9.47. The molecule has 2 aromatic rings. The van der Waals surface area contributed by atoms with Crippen LogP contribution >= 0.6 is 0 Å². The van der Waals surface area contributed by atoms with Crippen LogP contribution in [0.2, 0.25) is 0 Å². The summed E-state index contributed by atoms with van der Waals surface area (Å²) in [6.45, 7) is 0. The molecule has 4 N–H and O–H groups in total. The molecule has 2 aromatic carbocycles. The summed E-state index contributed by atoms with van der Waals surface area (Å²) in [5, 5.41) is 11.3. The largest absolute Gasteiger partial charge is 0.478 e. The summed E-state index contributed by atoms with van der Waals surface area (Å²) in [7, 11) is 0. The molecule has 0 saturated carbocycles. The number of rotatable bonds is 3. The zero-order valence-electron chi connectivity index (χ0n) is 10.3. The third-order valence-electron chi connectivity index (χ3n) is 2.65.